The van der Waals surface area contributed by atoms with Gasteiger partial charge in [-0.05, 0) is 25.3 Å². The van der Waals surface area contributed by atoms with Crippen LogP contribution in [0.15, 0.2) is 30.3 Å². The molecule has 3 heteroatoms. The molecule has 0 aliphatic heterocycles. The molecule has 18 heavy (non-hydrogen) atoms. The molecule has 0 aliphatic carbocycles. The van der Waals surface area contributed by atoms with E-state index in [0.29, 0.717) is 0 Å². The van der Waals surface area contributed by atoms with E-state index in [-0.39, 0.29) is 17.8 Å². The van der Waals surface area contributed by atoms with Gasteiger partial charge in [0.15, 0.2) is 0 Å². The average Bonchev–Trinajstić information content (AvgIpc) is 2.68. The van der Waals surface area contributed by atoms with Crippen LogP contribution in [-0.4, -0.2) is 14.9 Å². The van der Waals surface area contributed by atoms with Gasteiger partial charge in [0.05, 0.1) is 17.3 Å². The number of nitrogens with zero attached hydrogens (tertiary/aromatic N) is 2. The molecule has 0 aliphatic rings. The van der Waals surface area contributed by atoms with Crippen LogP contribution < -0.4 is 0 Å². The Kier molecular flexibility index (Phi) is 3.41. The Morgan fingerprint density at radius 3 is 2.17 bits per heavy atom. The van der Waals surface area contributed by atoms with Gasteiger partial charge in [0.1, 0.15) is 0 Å². The lowest BCUT2D eigenvalue weighted by molar-refractivity contribution is 0.378. The summed E-state index contributed by atoms with van der Waals surface area (Å²) in [6.07, 6.45) is 0. The van der Waals surface area contributed by atoms with E-state index in [1.54, 1.807) is 4.68 Å². The summed E-state index contributed by atoms with van der Waals surface area (Å²) in [6, 6.07) is 10.1. The third-order valence-corrected chi connectivity index (χ3v) is 3.01. The predicted octanol–water partition coefficient (Wildman–Crippen LogP) is 3.96. The lowest BCUT2D eigenvalue weighted by Gasteiger charge is -2.07. The van der Waals surface area contributed by atoms with Crippen molar-refractivity contribution >= 4 is 0 Å². The lowest BCUT2D eigenvalue weighted by atomic mass is 10.00. The molecule has 3 nitrogen and oxygen atoms in total. The van der Waals surface area contributed by atoms with Crippen molar-refractivity contribution in [3.63, 3.8) is 0 Å². The van der Waals surface area contributed by atoms with Crippen LogP contribution in [0, 0.1) is 0 Å². The fourth-order valence-electron chi connectivity index (χ4n) is 2.09. The minimum absolute atomic E-state index is 0.153. The highest BCUT2D eigenvalue weighted by Gasteiger charge is 2.21. The molecule has 2 rings (SSSR count). The minimum atomic E-state index is 0.153. The quantitative estimate of drug-likeness (QED) is 0.887. The van der Waals surface area contributed by atoms with Crippen LogP contribution in [0.3, 0.4) is 0 Å². The Balaban J connectivity index is 2.65. The maximum absolute atomic E-state index is 10.4. The number of aromatic hydroxyl groups is 1. The van der Waals surface area contributed by atoms with Crippen LogP contribution in [0.5, 0.6) is 5.88 Å². The Bertz CT molecular complexity index is 527. The van der Waals surface area contributed by atoms with Gasteiger partial charge in [-0.25, -0.2) is 4.68 Å². The number of hydrogen-bond donors (Lipinski definition) is 1. The van der Waals surface area contributed by atoms with Gasteiger partial charge in [-0.1, -0.05) is 44.2 Å². The molecule has 0 radical (unpaired) electrons. The highest BCUT2D eigenvalue weighted by Crippen LogP contribution is 2.37. The summed E-state index contributed by atoms with van der Waals surface area (Å²) in [7, 11) is 0. The standard InChI is InChI=1S/C15H20N2O/c1-10(2)14-13(12-8-6-5-7-9-12)15(18)17(16-14)11(3)4/h5-11,18H,1-4H3. The molecule has 0 fully saturated rings. The van der Waals surface area contributed by atoms with Gasteiger partial charge in [-0.3, -0.25) is 0 Å². The summed E-state index contributed by atoms with van der Waals surface area (Å²) in [5.41, 5.74) is 2.83. The zero-order valence-corrected chi connectivity index (χ0v) is 11.4. The van der Waals surface area contributed by atoms with Gasteiger partial charge in [0.2, 0.25) is 5.88 Å². The van der Waals surface area contributed by atoms with Gasteiger partial charge in [-0.2, -0.15) is 5.10 Å². The molecular weight excluding hydrogens is 224 g/mol. The predicted molar refractivity (Wildman–Crippen MR) is 73.8 cm³/mol. The van der Waals surface area contributed by atoms with Gasteiger partial charge in [0.25, 0.3) is 0 Å². The zero-order chi connectivity index (χ0) is 13.3. The number of hydrogen-bond acceptors (Lipinski definition) is 2. The second kappa shape index (κ2) is 4.84. The average molecular weight is 244 g/mol. The van der Waals surface area contributed by atoms with Crippen molar-refractivity contribution in [2.24, 2.45) is 0 Å². The van der Waals surface area contributed by atoms with Crippen molar-refractivity contribution < 1.29 is 5.11 Å². The van der Waals surface area contributed by atoms with Crippen molar-refractivity contribution in [3.05, 3.63) is 36.0 Å². The fraction of sp³-hybridized carbons (Fsp3) is 0.400. The summed E-state index contributed by atoms with van der Waals surface area (Å²) in [4.78, 5) is 0. The third-order valence-electron chi connectivity index (χ3n) is 3.01. The van der Waals surface area contributed by atoms with Crippen LogP contribution in [0.2, 0.25) is 0 Å². The van der Waals surface area contributed by atoms with Crippen molar-refractivity contribution in [1.82, 2.24) is 9.78 Å². The molecule has 1 aromatic carbocycles. The molecule has 1 N–H and O–H groups in total. The summed E-state index contributed by atoms with van der Waals surface area (Å²) >= 11 is 0. The molecule has 0 saturated heterocycles. The Hall–Kier alpha value is -1.77. The van der Waals surface area contributed by atoms with Crippen LogP contribution >= 0.6 is 0 Å². The molecular formula is C15H20N2O. The van der Waals surface area contributed by atoms with Gasteiger partial charge >= 0.3 is 0 Å². The number of benzene rings is 1. The van der Waals surface area contributed by atoms with E-state index in [2.05, 4.69) is 18.9 Å². The Labute approximate surface area is 108 Å². The van der Waals surface area contributed by atoms with Crippen molar-refractivity contribution in [2.75, 3.05) is 0 Å². The maximum atomic E-state index is 10.4. The maximum Gasteiger partial charge on any atom is 0.217 e. The lowest BCUT2D eigenvalue weighted by Crippen LogP contribution is -2.03. The summed E-state index contributed by atoms with van der Waals surface area (Å²) in [6.45, 7) is 8.23. The summed E-state index contributed by atoms with van der Waals surface area (Å²) < 4.78 is 1.69. The largest absolute Gasteiger partial charge is 0.493 e. The monoisotopic (exact) mass is 244 g/mol. The molecule has 0 atom stereocenters. The van der Waals surface area contributed by atoms with Gasteiger partial charge < -0.3 is 5.11 Å². The molecule has 1 aromatic heterocycles. The highest BCUT2D eigenvalue weighted by molar-refractivity contribution is 5.71. The Morgan fingerprint density at radius 2 is 1.67 bits per heavy atom. The van der Waals surface area contributed by atoms with E-state index in [0.717, 1.165) is 16.8 Å². The first kappa shape index (κ1) is 12.7. The zero-order valence-electron chi connectivity index (χ0n) is 11.4. The van der Waals surface area contributed by atoms with Crippen molar-refractivity contribution in [1.29, 1.82) is 0 Å². The molecule has 0 saturated carbocycles. The number of rotatable bonds is 3. The van der Waals surface area contributed by atoms with E-state index in [1.165, 1.54) is 0 Å². The highest BCUT2D eigenvalue weighted by atomic mass is 16.3. The van der Waals surface area contributed by atoms with Crippen LogP contribution in [0.1, 0.15) is 45.3 Å². The molecule has 2 aromatic rings. The van der Waals surface area contributed by atoms with E-state index < -0.39 is 0 Å². The fourth-order valence-corrected chi connectivity index (χ4v) is 2.09. The summed E-state index contributed by atoms with van der Waals surface area (Å²) in [5, 5.41) is 14.9. The molecule has 96 valence electrons. The minimum Gasteiger partial charge on any atom is -0.493 e. The topological polar surface area (TPSA) is 38.0 Å². The first-order chi connectivity index (χ1) is 8.52. The van der Waals surface area contributed by atoms with Crippen LogP contribution in [0.25, 0.3) is 11.1 Å². The van der Waals surface area contributed by atoms with Crippen LogP contribution in [-0.2, 0) is 0 Å². The second-order valence-corrected chi connectivity index (χ2v) is 5.14. The molecule has 0 bridgehead atoms. The number of aromatic nitrogens is 2. The smallest absolute Gasteiger partial charge is 0.217 e. The second-order valence-electron chi connectivity index (χ2n) is 5.14. The van der Waals surface area contributed by atoms with E-state index in [1.807, 2.05) is 44.2 Å². The Morgan fingerprint density at radius 1 is 1.06 bits per heavy atom. The molecule has 1 heterocycles. The SMILES string of the molecule is CC(C)c1nn(C(C)C)c(O)c1-c1ccccc1. The van der Waals surface area contributed by atoms with Crippen molar-refractivity contribution in [3.8, 4) is 17.0 Å². The van der Waals surface area contributed by atoms with E-state index in [9.17, 15) is 5.11 Å². The summed E-state index contributed by atoms with van der Waals surface area (Å²) in [5.74, 6) is 0.547. The van der Waals surface area contributed by atoms with E-state index >= 15 is 0 Å². The van der Waals surface area contributed by atoms with Gasteiger partial charge in [-0.15, -0.1) is 0 Å². The first-order valence-corrected chi connectivity index (χ1v) is 6.39. The molecule has 0 unspecified atom stereocenters. The first-order valence-electron chi connectivity index (χ1n) is 6.39. The molecule has 0 spiro atoms. The third kappa shape index (κ3) is 2.13. The van der Waals surface area contributed by atoms with Gasteiger partial charge in [0, 0.05) is 0 Å². The van der Waals surface area contributed by atoms with E-state index in [4.69, 9.17) is 0 Å². The molecule has 0 amide bonds. The van der Waals surface area contributed by atoms with Crippen LogP contribution in [0.4, 0.5) is 0 Å². The van der Waals surface area contributed by atoms with Crippen molar-refractivity contribution in [2.45, 2.75) is 39.7 Å². The normalized spacial score (nSPS) is 11.4.